The Hall–Kier alpha value is -1.31. The van der Waals surface area contributed by atoms with Gasteiger partial charge in [0.15, 0.2) is 0 Å². The average molecular weight is 276 g/mol. The first kappa shape index (κ1) is 16.7. The minimum atomic E-state index is -0.501. The summed E-state index contributed by atoms with van der Waals surface area (Å²) in [6, 6.07) is 0. The van der Waals surface area contributed by atoms with Crippen molar-refractivity contribution in [3.63, 3.8) is 0 Å². The molecule has 0 bridgehead atoms. The summed E-state index contributed by atoms with van der Waals surface area (Å²) in [5.74, 6) is -0.270. The smallest absolute Gasteiger partial charge is 0.334 e. The molecule has 0 radical (unpaired) electrons. The zero-order valence-corrected chi connectivity index (χ0v) is 13.0. The maximum atomic E-state index is 11.3. The molecule has 0 aliphatic carbocycles. The van der Waals surface area contributed by atoms with Gasteiger partial charge in [-0.2, -0.15) is 0 Å². The van der Waals surface area contributed by atoms with Crippen molar-refractivity contribution in [1.29, 1.82) is 0 Å². The van der Waals surface area contributed by atoms with Crippen LogP contribution in [0.2, 0.25) is 0 Å². The highest BCUT2D eigenvalue weighted by Gasteiger charge is 2.36. The molecule has 1 unspecified atom stereocenters. The lowest BCUT2D eigenvalue weighted by atomic mass is 10.00. The number of hydrogen-bond acceptors (Lipinski definition) is 2. The van der Waals surface area contributed by atoms with Crippen LogP contribution < -0.4 is 0 Å². The highest BCUT2D eigenvalue weighted by atomic mass is 16.6. The highest BCUT2D eigenvalue weighted by Crippen LogP contribution is 2.30. The minimum Gasteiger partial charge on any atom is -0.451 e. The summed E-state index contributed by atoms with van der Waals surface area (Å²) >= 11 is 0. The van der Waals surface area contributed by atoms with E-state index in [4.69, 9.17) is 4.74 Å². The molecule has 20 heavy (non-hydrogen) atoms. The Morgan fingerprint density at radius 3 is 2.55 bits per heavy atom. The third kappa shape index (κ3) is 6.23. The van der Waals surface area contributed by atoms with Crippen LogP contribution in [0.25, 0.3) is 0 Å². The van der Waals surface area contributed by atoms with E-state index in [-0.39, 0.29) is 5.97 Å². The maximum Gasteiger partial charge on any atom is 0.334 e. The number of hydrogen-bond donors (Lipinski definition) is 0. The van der Waals surface area contributed by atoms with E-state index in [2.05, 4.69) is 19.6 Å². The van der Waals surface area contributed by atoms with Crippen LogP contribution in [0.4, 0.5) is 0 Å². The first-order valence-electron chi connectivity index (χ1n) is 7.83. The molecule has 0 aromatic heterocycles. The average Bonchev–Trinajstić information content (AvgIpc) is 2.66. The van der Waals surface area contributed by atoms with Crippen molar-refractivity contribution < 1.29 is 9.53 Å². The maximum absolute atomic E-state index is 11.3. The van der Waals surface area contributed by atoms with Gasteiger partial charge in [0.25, 0.3) is 0 Å². The van der Waals surface area contributed by atoms with Crippen molar-refractivity contribution in [2.24, 2.45) is 0 Å². The van der Waals surface area contributed by atoms with E-state index in [9.17, 15) is 4.79 Å². The van der Waals surface area contributed by atoms with Crippen LogP contribution in [0.5, 0.6) is 0 Å². The summed E-state index contributed by atoms with van der Waals surface area (Å²) in [6.45, 7) is 7.86. The summed E-state index contributed by atoms with van der Waals surface area (Å²) < 4.78 is 5.28. The first-order chi connectivity index (χ1) is 9.57. The van der Waals surface area contributed by atoms with E-state index < -0.39 is 5.60 Å². The van der Waals surface area contributed by atoms with E-state index >= 15 is 0 Å². The van der Waals surface area contributed by atoms with Crippen molar-refractivity contribution >= 4 is 5.97 Å². The molecular weight excluding hydrogens is 248 g/mol. The Kier molecular flexibility index (Phi) is 7.35. The van der Waals surface area contributed by atoms with Gasteiger partial charge in [0.1, 0.15) is 5.60 Å². The quantitative estimate of drug-likeness (QED) is 0.253. The van der Waals surface area contributed by atoms with Crippen molar-refractivity contribution in [2.45, 2.75) is 70.8 Å². The van der Waals surface area contributed by atoms with Gasteiger partial charge < -0.3 is 4.74 Å². The van der Waals surface area contributed by atoms with Crippen molar-refractivity contribution in [2.75, 3.05) is 0 Å². The Morgan fingerprint density at radius 1 is 1.20 bits per heavy atom. The second-order valence-electron chi connectivity index (χ2n) is 5.83. The van der Waals surface area contributed by atoms with Gasteiger partial charge in [0, 0.05) is 12.0 Å². The molecule has 1 rings (SSSR count). The van der Waals surface area contributed by atoms with E-state index in [1.165, 1.54) is 38.5 Å². The molecule has 0 aromatic carbocycles. The lowest BCUT2D eigenvalue weighted by molar-refractivity contribution is -0.141. The number of unbranched alkanes of at least 4 members (excludes halogenated alkanes) is 6. The van der Waals surface area contributed by atoms with Gasteiger partial charge in [-0.05, 0) is 25.8 Å². The Morgan fingerprint density at radius 2 is 1.90 bits per heavy atom. The van der Waals surface area contributed by atoms with Crippen LogP contribution in [0.1, 0.15) is 65.2 Å². The summed E-state index contributed by atoms with van der Waals surface area (Å²) in [5.41, 5.74) is 0.0618. The third-order valence-electron chi connectivity index (χ3n) is 3.60. The first-order valence-corrected chi connectivity index (χ1v) is 7.83. The van der Waals surface area contributed by atoms with Crippen LogP contribution in [0, 0.1) is 0 Å². The Bertz CT molecular complexity index is 361. The molecule has 1 heterocycles. The Balaban J connectivity index is 2.13. The molecule has 0 aromatic rings. The molecule has 1 fully saturated rings. The van der Waals surface area contributed by atoms with E-state index in [0.717, 1.165) is 6.42 Å². The fourth-order valence-electron chi connectivity index (χ4n) is 2.39. The number of carbonyl (C=O) groups is 1. The molecular formula is C18H28O2. The Labute approximate surface area is 123 Å². The second-order valence-corrected chi connectivity index (χ2v) is 5.83. The third-order valence-corrected chi connectivity index (χ3v) is 3.60. The zero-order valence-electron chi connectivity index (χ0n) is 13.0. The van der Waals surface area contributed by atoms with Crippen LogP contribution in [0.3, 0.4) is 0 Å². The zero-order chi connectivity index (χ0) is 14.8. The number of ether oxygens (including phenoxy) is 1. The van der Waals surface area contributed by atoms with Gasteiger partial charge in [0.05, 0.1) is 0 Å². The standard InChI is InChI=1S/C18H28O2/c1-4-5-6-7-8-9-10-11-12-13-14-18(3)15-16(2)17(19)20-18/h11-14H,2,4-10,15H2,1,3H3/b12-11+,14-13+. The van der Waals surface area contributed by atoms with E-state index in [0.29, 0.717) is 12.0 Å². The molecule has 0 N–H and O–H groups in total. The van der Waals surface area contributed by atoms with Crippen molar-refractivity contribution in [3.8, 4) is 0 Å². The van der Waals surface area contributed by atoms with Gasteiger partial charge in [-0.15, -0.1) is 0 Å². The summed E-state index contributed by atoms with van der Waals surface area (Å²) in [5, 5.41) is 0. The molecule has 2 heteroatoms. The van der Waals surface area contributed by atoms with Crippen molar-refractivity contribution in [3.05, 3.63) is 36.5 Å². The van der Waals surface area contributed by atoms with Gasteiger partial charge in [0.2, 0.25) is 0 Å². The topological polar surface area (TPSA) is 26.3 Å². The van der Waals surface area contributed by atoms with Crippen LogP contribution in [0.15, 0.2) is 36.5 Å². The number of carbonyl (C=O) groups excluding carboxylic acids is 1. The fourth-order valence-corrected chi connectivity index (χ4v) is 2.39. The second kappa shape index (κ2) is 8.78. The lowest BCUT2D eigenvalue weighted by Crippen LogP contribution is -2.19. The van der Waals surface area contributed by atoms with Crippen LogP contribution in [-0.4, -0.2) is 11.6 Å². The molecule has 112 valence electrons. The number of rotatable bonds is 9. The molecule has 1 aliphatic rings. The molecule has 0 saturated carbocycles. The molecule has 0 spiro atoms. The number of esters is 1. The number of cyclic esters (lactones) is 1. The predicted molar refractivity (Wildman–Crippen MR) is 84.5 cm³/mol. The molecule has 1 atom stereocenters. The largest absolute Gasteiger partial charge is 0.451 e. The van der Waals surface area contributed by atoms with Gasteiger partial charge >= 0.3 is 5.97 Å². The number of allylic oxidation sites excluding steroid dienone is 3. The highest BCUT2D eigenvalue weighted by molar-refractivity contribution is 5.90. The monoisotopic (exact) mass is 276 g/mol. The van der Waals surface area contributed by atoms with E-state index in [1.54, 1.807) is 0 Å². The lowest BCUT2D eigenvalue weighted by Gasteiger charge is -2.16. The molecule has 2 nitrogen and oxygen atoms in total. The van der Waals surface area contributed by atoms with E-state index in [1.807, 2.05) is 25.2 Å². The normalized spacial score (nSPS) is 23.1. The van der Waals surface area contributed by atoms with Gasteiger partial charge in [-0.25, -0.2) is 4.79 Å². The minimum absolute atomic E-state index is 0.270. The molecule has 1 saturated heterocycles. The van der Waals surface area contributed by atoms with Gasteiger partial charge in [-0.1, -0.05) is 63.8 Å². The SMILES string of the molecule is C=C1CC(C)(/C=C/C=C/CCCCCCCC)OC1=O. The van der Waals surface area contributed by atoms with Gasteiger partial charge in [-0.3, -0.25) is 0 Å². The fraction of sp³-hybridized carbons (Fsp3) is 0.611. The van der Waals surface area contributed by atoms with Crippen LogP contribution in [-0.2, 0) is 9.53 Å². The van der Waals surface area contributed by atoms with Crippen molar-refractivity contribution in [1.82, 2.24) is 0 Å². The summed E-state index contributed by atoms with van der Waals surface area (Å²) in [6.07, 6.45) is 17.8. The predicted octanol–water partition coefficient (Wildman–Crippen LogP) is 5.11. The summed E-state index contributed by atoms with van der Waals surface area (Å²) in [4.78, 5) is 11.3. The summed E-state index contributed by atoms with van der Waals surface area (Å²) in [7, 11) is 0. The molecule has 1 aliphatic heterocycles. The van der Waals surface area contributed by atoms with Crippen LogP contribution >= 0.6 is 0 Å². The molecule has 0 amide bonds.